The second-order valence-electron chi connectivity index (χ2n) is 0.596. The fraction of sp³-hybridized carbons (Fsp3) is 0. The molecule has 0 aromatic rings. The van der Waals surface area contributed by atoms with Gasteiger partial charge in [-0.1, -0.05) is 0 Å². The van der Waals surface area contributed by atoms with Gasteiger partial charge in [-0.3, -0.25) is 0 Å². The summed E-state index contributed by atoms with van der Waals surface area (Å²) in [5, 5.41) is 38.2. The Labute approximate surface area is 91.4 Å². The molecule has 0 amide bonds. The first-order valence-corrected chi connectivity index (χ1v) is 1.39. The van der Waals surface area contributed by atoms with Gasteiger partial charge in [-0.15, -0.1) is 0 Å². The number of hydrogen-bond donors (Lipinski definition) is 3. The number of carbonyl (C=O) groups is 1. The van der Waals surface area contributed by atoms with Gasteiger partial charge < -0.3 is 30.1 Å². The van der Waals surface area contributed by atoms with Crippen molar-refractivity contribution < 1.29 is 30.1 Å². The summed E-state index contributed by atoms with van der Waals surface area (Å²) in [6, 6.07) is 0. The van der Waals surface area contributed by atoms with Gasteiger partial charge in [-0.25, -0.2) is 0 Å². The van der Waals surface area contributed by atoms with Crippen LogP contribution in [0.15, 0.2) is 0 Å². The maximum absolute atomic E-state index is 8.33. The predicted molar refractivity (Wildman–Crippen MR) is 23.6 cm³/mol. The van der Waals surface area contributed by atoms with E-state index in [0.29, 0.717) is 0 Å². The van der Waals surface area contributed by atoms with E-state index in [1.165, 1.54) is 0 Å². The molecule has 0 aliphatic heterocycles. The summed E-state index contributed by atoms with van der Waals surface area (Å²) in [7, 11) is -2.17. The van der Waals surface area contributed by atoms with Gasteiger partial charge in [0.1, 0.15) is 0 Å². The second kappa shape index (κ2) is 11.6. The number of hydrogen-bond acceptors (Lipinski definition) is 6. The van der Waals surface area contributed by atoms with E-state index in [1.54, 1.807) is 0 Å². The molecule has 0 saturated heterocycles. The Morgan fingerprint density at radius 1 is 1.22 bits per heavy atom. The molecular weight excluding hydrogens is 256 g/mol. The van der Waals surface area contributed by atoms with Crippen molar-refractivity contribution in [2.75, 3.05) is 0 Å². The molecule has 0 spiro atoms. The molecule has 9 heavy (non-hydrogen) atoms. The second-order valence-corrected chi connectivity index (χ2v) is 0.596. The van der Waals surface area contributed by atoms with E-state index in [9.17, 15) is 0 Å². The summed E-state index contributed by atoms with van der Waals surface area (Å²) in [5.41, 5.74) is 0. The van der Waals surface area contributed by atoms with E-state index in [2.05, 4.69) is 0 Å². The maximum atomic E-state index is 8.33. The topological polar surface area (TPSA) is 124 Å². The molecule has 3 N–H and O–H groups in total. The first-order valence-electron chi connectivity index (χ1n) is 1.39. The first kappa shape index (κ1) is 16.4. The number of carbonyl (C=O) groups excluding carboxylic acids is 1. The molecule has 0 fully saturated rings. The zero-order valence-electron chi connectivity index (χ0n) is 4.35. The van der Waals surface area contributed by atoms with Crippen LogP contribution in [0.25, 0.3) is 0 Å². The van der Waals surface area contributed by atoms with Gasteiger partial charge >= 0.3 is 56.2 Å². The molecule has 0 aromatic heterocycles. The molecule has 0 heterocycles. The summed E-state index contributed by atoms with van der Waals surface area (Å²) in [4.78, 5) is 8.33. The Morgan fingerprint density at radius 2 is 1.22 bits per heavy atom. The molecule has 6 nitrogen and oxygen atoms in total. The van der Waals surface area contributed by atoms with Gasteiger partial charge in [0.25, 0.3) is 0 Å². The van der Waals surface area contributed by atoms with Crippen LogP contribution in [0.3, 0.4) is 0 Å². The molecule has 0 aliphatic carbocycles. The minimum Gasteiger partial charge on any atom is -0.652 e. The van der Waals surface area contributed by atoms with Crippen LogP contribution in [0.5, 0.6) is 0 Å². The summed E-state index contributed by atoms with van der Waals surface area (Å²) < 4.78 is 0. The average Bonchev–Trinajstić information content (AvgIpc) is 1.25. The van der Waals surface area contributed by atoms with Crippen LogP contribution >= 0.6 is 0 Å². The largest absolute Gasteiger partial charge is 2.00 e. The first-order chi connectivity index (χ1) is 3.46. The number of carboxylic acid groups (broad SMARTS) is 2. The molecule has 0 aliphatic rings. The molecule has 0 bridgehead atoms. The Morgan fingerprint density at radius 3 is 1.22 bits per heavy atom. The zero-order valence-corrected chi connectivity index (χ0v) is 8.79. The van der Waals surface area contributed by atoms with E-state index in [0.717, 1.165) is 0 Å². The molecular formula is CH3BBaO6. The Kier molecular flexibility index (Phi) is 21.1. The van der Waals surface area contributed by atoms with E-state index >= 15 is 0 Å². The Bertz CT molecular complexity index is 57.3. The van der Waals surface area contributed by atoms with Gasteiger partial charge in [0.05, 0.1) is 0 Å². The molecule has 0 saturated carbocycles. The van der Waals surface area contributed by atoms with Crippen molar-refractivity contribution in [1.29, 1.82) is 0 Å². The third-order valence-corrected chi connectivity index (χ3v) is 0. The van der Waals surface area contributed by atoms with Crippen LogP contribution in [-0.4, -0.2) is 77.4 Å². The van der Waals surface area contributed by atoms with Gasteiger partial charge in [0.15, 0.2) is 0 Å². The third kappa shape index (κ3) is 654. The molecule has 0 radical (unpaired) electrons. The number of rotatable bonds is 0. The molecule has 0 aromatic carbocycles. The quantitative estimate of drug-likeness (QED) is 0.375. The SMILES string of the molecule is O=C([O-])[O-].OB(O)O.[Ba+2]. The van der Waals surface area contributed by atoms with Gasteiger partial charge in [0, 0.05) is 0 Å². The molecule has 48 valence electrons. The minimum atomic E-state index is -2.33. The summed E-state index contributed by atoms with van der Waals surface area (Å²) >= 11 is 0. The van der Waals surface area contributed by atoms with Gasteiger partial charge in [-0.2, -0.15) is 0 Å². The fourth-order valence-corrected chi connectivity index (χ4v) is 0. The molecule has 8 heteroatoms. The van der Waals surface area contributed by atoms with Crippen LogP contribution < -0.4 is 10.2 Å². The Balaban J connectivity index is -0.0000000720. The predicted octanol–water partition coefficient (Wildman–Crippen LogP) is -4.88. The zero-order chi connectivity index (χ0) is 7.15. The van der Waals surface area contributed by atoms with E-state index in [4.69, 9.17) is 30.1 Å². The Hall–Kier alpha value is 0.786. The molecule has 0 atom stereocenters. The average molecular weight is 259 g/mol. The maximum Gasteiger partial charge on any atom is 2.00 e. The minimum absolute atomic E-state index is 0. The van der Waals surface area contributed by atoms with E-state index < -0.39 is 13.5 Å². The van der Waals surface area contributed by atoms with E-state index in [1.807, 2.05) is 0 Å². The van der Waals surface area contributed by atoms with Crippen LogP contribution in [0.4, 0.5) is 4.79 Å². The van der Waals surface area contributed by atoms with Crippen LogP contribution in [0, 0.1) is 0 Å². The smallest absolute Gasteiger partial charge is 0.652 e. The van der Waals surface area contributed by atoms with Crippen molar-refractivity contribution in [3.05, 3.63) is 0 Å². The molecule has 0 unspecified atom stereocenters. The third-order valence-electron chi connectivity index (χ3n) is 0. The summed E-state index contributed by atoms with van der Waals surface area (Å²) in [6.45, 7) is 0. The van der Waals surface area contributed by atoms with Crippen LogP contribution in [-0.2, 0) is 0 Å². The fourth-order valence-electron chi connectivity index (χ4n) is 0. The van der Waals surface area contributed by atoms with Gasteiger partial charge in [-0.05, 0) is 6.16 Å². The van der Waals surface area contributed by atoms with E-state index in [-0.39, 0.29) is 48.9 Å². The monoisotopic (exact) mass is 260 g/mol. The van der Waals surface area contributed by atoms with Crippen molar-refractivity contribution in [3.8, 4) is 0 Å². The normalized spacial score (nSPS) is 5.67. The van der Waals surface area contributed by atoms with Crippen molar-refractivity contribution >= 4 is 62.4 Å². The molecule has 0 rings (SSSR count). The summed E-state index contributed by atoms with van der Waals surface area (Å²) in [5.74, 6) is 0. The van der Waals surface area contributed by atoms with Crippen LogP contribution in [0.1, 0.15) is 0 Å². The van der Waals surface area contributed by atoms with Crippen LogP contribution in [0.2, 0.25) is 0 Å². The summed E-state index contributed by atoms with van der Waals surface area (Å²) in [6.07, 6.45) is -2.33. The van der Waals surface area contributed by atoms with Crippen molar-refractivity contribution in [2.45, 2.75) is 0 Å². The van der Waals surface area contributed by atoms with Crippen molar-refractivity contribution in [3.63, 3.8) is 0 Å². The van der Waals surface area contributed by atoms with Crippen molar-refractivity contribution in [2.24, 2.45) is 0 Å². The van der Waals surface area contributed by atoms with Crippen molar-refractivity contribution in [1.82, 2.24) is 0 Å². The van der Waals surface area contributed by atoms with Gasteiger partial charge in [0.2, 0.25) is 0 Å². The standard InChI is InChI=1S/CH2O3.BH3O3.Ba/c2*2-1(3)4;/h(H2,2,3,4);2-4H;/q;;+2/p-2.